The minimum Gasteiger partial charge on any atom is -0.482 e. The van der Waals surface area contributed by atoms with E-state index >= 15 is 0 Å². The van der Waals surface area contributed by atoms with E-state index in [-0.39, 0.29) is 12.6 Å². The van der Waals surface area contributed by atoms with E-state index in [0.717, 1.165) is 15.6 Å². The van der Waals surface area contributed by atoms with E-state index in [4.69, 9.17) is 9.47 Å². The van der Waals surface area contributed by atoms with E-state index in [0.29, 0.717) is 12.4 Å². The highest BCUT2D eigenvalue weighted by Crippen LogP contribution is 2.26. The van der Waals surface area contributed by atoms with Crippen molar-refractivity contribution in [3.05, 3.63) is 27.7 Å². The third-order valence-corrected chi connectivity index (χ3v) is 2.96. The summed E-state index contributed by atoms with van der Waals surface area (Å²) in [5.41, 5.74) is 2.06. The molecule has 0 spiro atoms. The first-order valence-corrected chi connectivity index (χ1v) is 5.89. The lowest BCUT2D eigenvalue weighted by molar-refractivity contribution is -0.145. The van der Waals surface area contributed by atoms with Gasteiger partial charge in [-0.3, -0.25) is 0 Å². The summed E-state index contributed by atoms with van der Waals surface area (Å²) < 4.78 is 11.2. The first-order chi connectivity index (χ1) is 7.54. The maximum Gasteiger partial charge on any atom is 0.344 e. The highest BCUT2D eigenvalue weighted by molar-refractivity contribution is 9.10. The quantitative estimate of drug-likeness (QED) is 0.799. The maximum absolute atomic E-state index is 11.1. The molecule has 16 heavy (non-hydrogen) atoms. The number of hydrogen-bond donors (Lipinski definition) is 0. The van der Waals surface area contributed by atoms with Crippen LogP contribution in [0.4, 0.5) is 0 Å². The van der Waals surface area contributed by atoms with Crippen LogP contribution in [-0.2, 0) is 9.53 Å². The Morgan fingerprint density at radius 1 is 1.31 bits per heavy atom. The van der Waals surface area contributed by atoms with Gasteiger partial charge in [0.25, 0.3) is 0 Å². The van der Waals surface area contributed by atoms with Crippen LogP contribution in [0.2, 0.25) is 0 Å². The van der Waals surface area contributed by atoms with Crippen molar-refractivity contribution in [1.82, 2.24) is 0 Å². The van der Waals surface area contributed by atoms with E-state index in [1.54, 1.807) is 6.92 Å². The molecular weight excluding hydrogens is 272 g/mol. The van der Waals surface area contributed by atoms with Gasteiger partial charge in [-0.05, 0) is 44.0 Å². The van der Waals surface area contributed by atoms with Crippen LogP contribution in [-0.4, -0.2) is 19.2 Å². The molecule has 0 radical (unpaired) electrons. The topological polar surface area (TPSA) is 35.5 Å². The first kappa shape index (κ1) is 13.0. The van der Waals surface area contributed by atoms with Gasteiger partial charge in [0, 0.05) is 4.47 Å². The van der Waals surface area contributed by atoms with Gasteiger partial charge in [0.15, 0.2) is 6.61 Å². The average Bonchev–Trinajstić information content (AvgIpc) is 2.22. The highest BCUT2D eigenvalue weighted by atomic mass is 79.9. The van der Waals surface area contributed by atoms with Gasteiger partial charge < -0.3 is 9.47 Å². The Morgan fingerprint density at radius 2 is 2.00 bits per heavy atom. The van der Waals surface area contributed by atoms with Crippen LogP contribution in [0.3, 0.4) is 0 Å². The highest BCUT2D eigenvalue weighted by Gasteiger charge is 2.07. The lowest BCUT2D eigenvalue weighted by Crippen LogP contribution is -2.15. The summed E-state index contributed by atoms with van der Waals surface area (Å²) in [4.78, 5) is 11.1. The third-order valence-electron chi connectivity index (χ3n) is 2.11. The summed E-state index contributed by atoms with van der Waals surface area (Å²) in [7, 11) is 0. The predicted octanol–water partition coefficient (Wildman–Crippen LogP) is 3.01. The summed E-state index contributed by atoms with van der Waals surface area (Å²) in [5.74, 6) is 0.372. The van der Waals surface area contributed by atoms with Crippen LogP contribution < -0.4 is 4.74 Å². The number of ether oxygens (including phenoxy) is 2. The summed E-state index contributed by atoms with van der Waals surface area (Å²) in [6, 6.07) is 3.87. The molecular formula is C12H15BrO3. The Hall–Kier alpha value is -1.03. The second-order valence-electron chi connectivity index (χ2n) is 3.46. The molecule has 0 heterocycles. The van der Waals surface area contributed by atoms with Crippen molar-refractivity contribution in [2.45, 2.75) is 20.8 Å². The largest absolute Gasteiger partial charge is 0.482 e. The number of hydrogen-bond acceptors (Lipinski definition) is 3. The minimum atomic E-state index is -0.345. The van der Waals surface area contributed by atoms with Crippen LogP contribution >= 0.6 is 15.9 Å². The van der Waals surface area contributed by atoms with Crippen molar-refractivity contribution in [2.24, 2.45) is 0 Å². The van der Waals surface area contributed by atoms with Crippen molar-refractivity contribution in [1.29, 1.82) is 0 Å². The number of benzene rings is 1. The average molecular weight is 287 g/mol. The Labute approximate surface area is 104 Å². The first-order valence-electron chi connectivity index (χ1n) is 5.09. The molecule has 1 rings (SSSR count). The fraction of sp³-hybridized carbons (Fsp3) is 0.417. The molecule has 0 saturated carbocycles. The normalized spacial score (nSPS) is 10.0. The van der Waals surface area contributed by atoms with Gasteiger partial charge in [0.2, 0.25) is 0 Å². The molecule has 88 valence electrons. The predicted molar refractivity (Wildman–Crippen MR) is 65.7 cm³/mol. The molecule has 0 fully saturated rings. The van der Waals surface area contributed by atoms with E-state index in [9.17, 15) is 4.79 Å². The van der Waals surface area contributed by atoms with Gasteiger partial charge in [0.05, 0.1) is 6.61 Å². The van der Waals surface area contributed by atoms with Crippen LogP contribution in [0.25, 0.3) is 0 Å². The van der Waals surface area contributed by atoms with Crippen LogP contribution in [0.5, 0.6) is 5.75 Å². The van der Waals surface area contributed by atoms with Crippen molar-refractivity contribution < 1.29 is 14.3 Å². The Balaban J connectivity index is 2.67. The molecule has 1 aromatic rings. The van der Waals surface area contributed by atoms with E-state index in [1.165, 1.54) is 0 Å². The summed E-state index contributed by atoms with van der Waals surface area (Å²) in [6.07, 6.45) is 0. The zero-order valence-electron chi connectivity index (χ0n) is 9.67. The molecule has 4 heteroatoms. The number of esters is 1. The van der Waals surface area contributed by atoms with Gasteiger partial charge in [-0.2, -0.15) is 0 Å². The molecule has 0 aromatic heterocycles. The molecule has 0 bridgehead atoms. The van der Waals surface area contributed by atoms with Crippen LogP contribution in [0, 0.1) is 13.8 Å². The second-order valence-corrected chi connectivity index (χ2v) is 4.31. The van der Waals surface area contributed by atoms with Gasteiger partial charge in [-0.1, -0.05) is 15.9 Å². The van der Waals surface area contributed by atoms with Crippen LogP contribution in [0.1, 0.15) is 18.1 Å². The maximum atomic E-state index is 11.1. The lowest BCUT2D eigenvalue weighted by atomic mass is 10.1. The fourth-order valence-corrected chi connectivity index (χ4v) is 1.71. The minimum absolute atomic E-state index is 0.0459. The number of halogens is 1. The Morgan fingerprint density at radius 3 is 2.62 bits per heavy atom. The van der Waals surface area contributed by atoms with Crippen LogP contribution in [0.15, 0.2) is 16.6 Å². The van der Waals surface area contributed by atoms with Gasteiger partial charge in [-0.25, -0.2) is 4.79 Å². The second kappa shape index (κ2) is 5.89. The molecule has 1 aromatic carbocycles. The monoisotopic (exact) mass is 286 g/mol. The van der Waals surface area contributed by atoms with Crippen molar-refractivity contribution in [3.8, 4) is 5.75 Å². The third kappa shape index (κ3) is 3.52. The van der Waals surface area contributed by atoms with Crippen molar-refractivity contribution in [2.75, 3.05) is 13.2 Å². The molecule has 0 aliphatic carbocycles. The smallest absolute Gasteiger partial charge is 0.344 e. The molecule has 3 nitrogen and oxygen atoms in total. The number of carbonyl (C=O) groups is 1. The van der Waals surface area contributed by atoms with Crippen molar-refractivity contribution >= 4 is 21.9 Å². The zero-order chi connectivity index (χ0) is 12.1. The van der Waals surface area contributed by atoms with Crippen molar-refractivity contribution in [3.63, 3.8) is 0 Å². The van der Waals surface area contributed by atoms with Gasteiger partial charge in [-0.15, -0.1) is 0 Å². The van der Waals surface area contributed by atoms with E-state index < -0.39 is 0 Å². The summed E-state index contributed by atoms with van der Waals surface area (Å²) in [5, 5.41) is 0. The molecule has 0 amide bonds. The summed E-state index contributed by atoms with van der Waals surface area (Å²) >= 11 is 3.44. The van der Waals surface area contributed by atoms with Gasteiger partial charge in [0.1, 0.15) is 5.75 Å². The van der Waals surface area contributed by atoms with E-state index in [1.807, 2.05) is 26.0 Å². The fourth-order valence-electron chi connectivity index (χ4n) is 1.25. The Kier molecular flexibility index (Phi) is 4.80. The molecule has 0 atom stereocenters. The Bertz CT molecular complexity index is 388. The molecule has 0 saturated heterocycles. The molecule has 0 unspecified atom stereocenters. The molecule has 0 N–H and O–H groups in total. The number of carbonyl (C=O) groups excluding carboxylic acids is 1. The number of rotatable bonds is 4. The zero-order valence-corrected chi connectivity index (χ0v) is 11.3. The van der Waals surface area contributed by atoms with Gasteiger partial charge >= 0.3 is 5.97 Å². The molecule has 0 aliphatic heterocycles. The number of aryl methyl sites for hydroxylation is 2. The SMILES string of the molecule is CCOC(=O)COc1cc(C)c(Br)cc1C. The van der Waals surface area contributed by atoms with E-state index in [2.05, 4.69) is 15.9 Å². The molecule has 0 aliphatic rings. The summed E-state index contributed by atoms with van der Waals surface area (Å²) in [6.45, 7) is 6.01. The standard InChI is InChI=1S/C12H15BrO3/c1-4-15-12(14)7-16-11-6-8(2)10(13)5-9(11)3/h5-6H,4,7H2,1-3H3. The lowest BCUT2D eigenvalue weighted by Gasteiger charge is -2.10.